The first-order chi connectivity index (χ1) is 8.69. The minimum atomic E-state index is -0.244. The van der Waals surface area contributed by atoms with Crippen LogP contribution in [-0.2, 0) is 6.54 Å². The van der Waals surface area contributed by atoms with E-state index in [9.17, 15) is 4.39 Å². The molecule has 0 amide bonds. The average Bonchev–Trinajstić information content (AvgIpc) is 2.38. The molecular formula is C14H13BrFNO. The molecule has 0 radical (unpaired) electrons. The number of ether oxygens (including phenoxy) is 1. The van der Waals surface area contributed by atoms with Crippen LogP contribution >= 0.6 is 15.9 Å². The van der Waals surface area contributed by atoms with E-state index in [4.69, 9.17) is 4.74 Å². The molecule has 0 heterocycles. The summed E-state index contributed by atoms with van der Waals surface area (Å²) in [6, 6.07) is 12.3. The predicted octanol–water partition coefficient (Wildman–Crippen LogP) is 4.21. The molecule has 4 heteroatoms. The minimum Gasteiger partial charge on any atom is -0.497 e. The molecule has 2 nitrogen and oxygen atoms in total. The summed E-state index contributed by atoms with van der Waals surface area (Å²) >= 11 is 3.34. The summed E-state index contributed by atoms with van der Waals surface area (Å²) in [4.78, 5) is 0. The van der Waals surface area contributed by atoms with Gasteiger partial charge in [0.2, 0.25) is 0 Å². The third-order valence-corrected chi connectivity index (χ3v) is 3.31. The summed E-state index contributed by atoms with van der Waals surface area (Å²) in [6.07, 6.45) is 0. The van der Waals surface area contributed by atoms with Crippen LogP contribution in [0.25, 0.3) is 0 Å². The van der Waals surface area contributed by atoms with E-state index in [0.717, 1.165) is 21.5 Å². The van der Waals surface area contributed by atoms with Gasteiger partial charge in [-0.25, -0.2) is 4.39 Å². The Morgan fingerprint density at radius 2 is 2.06 bits per heavy atom. The number of anilines is 1. The molecule has 0 aliphatic rings. The third kappa shape index (κ3) is 3.23. The average molecular weight is 310 g/mol. The quantitative estimate of drug-likeness (QED) is 0.913. The first kappa shape index (κ1) is 12.9. The van der Waals surface area contributed by atoms with E-state index in [1.165, 1.54) is 12.1 Å². The molecule has 0 saturated heterocycles. The normalized spacial score (nSPS) is 10.2. The lowest BCUT2D eigenvalue weighted by molar-refractivity contribution is 0.415. The van der Waals surface area contributed by atoms with Gasteiger partial charge in [0, 0.05) is 22.8 Å². The van der Waals surface area contributed by atoms with Gasteiger partial charge in [-0.2, -0.15) is 0 Å². The molecule has 0 fully saturated rings. The number of hydrogen-bond donors (Lipinski definition) is 1. The Balaban J connectivity index is 2.06. The van der Waals surface area contributed by atoms with Crippen LogP contribution in [0.5, 0.6) is 5.75 Å². The first-order valence-corrected chi connectivity index (χ1v) is 6.30. The summed E-state index contributed by atoms with van der Waals surface area (Å²) in [6.45, 7) is 0.619. The zero-order valence-electron chi connectivity index (χ0n) is 9.91. The molecular weight excluding hydrogens is 297 g/mol. The Hall–Kier alpha value is -1.55. The lowest BCUT2D eigenvalue weighted by Gasteiger charge is -2.09. The van der Waals surface area contributed by atoms with E-state index in [-0.39, 0.29) is 5.82 Å². The summed E-state index contributed by atoms with van der Waals surface area (Å²) in [7, 11) is 1.63. The second-order valence-corrected chi connectivity index (χ2v) is 4.68. The van der Waals surface area contributed by atoms with Gasteiger partial charge in [-0.15, -0.1) is 0 Å². The van der Waals surface area contributed by atoms with Gasteiger partial charge in [0.1, 0.15) is 11.6 Å². The van der Waals surface area contributed by atoms with Crippen LogP contribution in [-0.4, -0.2) is 7.11 Å². The number of rotatable bonds is 4. The zero-order valence-corrected chi connectivity index (χ0v) is 11.5. The molecule has 2 aromatic rings. The molecule has 94 valence electrons. The maximum absolute atomic E-state index is 12.9. The second kappa shape index (κ2) is 5.87. The van der Waals surface area contributed by atoms with E-state index in [1.807, 2.05) is 24.3 Å². The molecule has 0 atom stereocenters. The molecule has 2 aromatic carbocycles. The Morgan fingerprint density at radius 3 is 2.78 bits per heavy atom. The van der Waals surface area contributed by atoms with Crippen molar-refractivity contribution in [1.82, 2.24) is 0 Å². The highest BCUT2D eigenvalue weighted by atomic mass is 79.9. The maximum Gasteiger partial charge on any atom is 0.124 e. The van der Waals surface area contributed by atoms with E-state index in [0.29, 0.717) is 6.54 Å². The molecule has 0 bridgehead atoms. The van der Waals surface area contributed by atoms with Crippen molar-refractivity contribution in [3.8, 4) is 5.75 Å². The Morgan fingerprint density at radius 1 is 1.22 bits per heavy atom. The van der Waals surface area contributed by atoms with Crippen molar-refractivity contribution in [2.75, 3.05) is 12.4 Å². The van der Waals surface area contributed by atoms with Gasteiger partial charge in [-0.1, -0.05) is 28.1 Å². The molecule has 0 spiro atoms. The molecule has 18 heavy (non-hydrogen) atoms. The second-order valence-electron chi connectivity index (χ2n) is 3.82. The van der Waals surface area contributed by atoms with Crippen molar-refractivity contribution in [2.24, 2.45) is 0 Å². The molecule has 0 aliphatic heterocycles. The van der Waals surface area contributed by atoms with Crippen LogP contribution in [0.15, 0.2) is 46.9 Å². The van der Waals surface area contributed by atoms with Gasteiger partial charge in [-0.3, -0.25) is 0 Å². The van der Waals surface area contributed by atoms with E-state index in [1.54, 1.807) is 13.2 Å². The van der Waals surface area contributed by atoms with E-state index < -0.39 is 0 Å². The standard InChI is InChI=1S/C14H13BrFNO/c1-18-13-4-2-3-12(8-13)17-9-10-5-6-11(16)7-14(10)15/h2-8,17H,9H2,1H3. The van der Waals surface area contributed by atoms with Crippen LogP contribution in [0.1, 0.15) is 5.56 Å². The van der Waals surface area contributed by atoms with Crippen molar-refractivity contribution in [2.45, 2.75) is 6.54 Å². The Kier molecular flexibility index (Phi) is 4.20. The Bertz CT molecular complexity index is 545. The first-order valence-electron chi connectivity index (χ1n) is 5.51. The van der Waals surface area contributed by atoms with Gasteiger partial charge in [0.05, 0.1) is 7.11 Å². The fraction of sp³-hybridized carbons (Fsp3) is 0.143. The minimum absolute atomic E-state index is 0.244. The zero-order chi connectivity index (χ0) is 13.0. The van der Waals surface area contributed by atoms with Gasteiger partial charge >= 0.3 is 0 Å². The number of nitrogens with one attached hydrogen (secondary N) is 1. The van der Waals surface area contributed by atoms with Crippen LogP contribution in [0.4, 0.5) is 10.1 Å². The monoisotopic (exact) mass is 309 g/mol. The van der Waals surface area contributed by atoms with Crippen LogP contribution < -0.4 is 10.1 Å². The predicted molar refractivity (Wildman–Crippen MR) is 74.4 cm³/mol. The van der Waals surface area contributed by atoms with E-state index in [2.05, 4.69) is 21.2 Å². The summed E-state index contributed by atoms with van der Waals surface area (Å²) in [5.41, 5.74) is 1.96. The lowest BCUT2D eigenvalue weighted by Crippen LogP contribution is -2.00. The maximum atomic E-state index is 12.9. The molecule has 1 N–H and O–H groups in total. The largest absolute Gasteiger partial charge is 0.497 e. The number of hydrogen-bond acceptors (Lipinski definition) is 2. The molecule has 0 saturated carbocycles. The van der Waals surface area contributed by atoms with Crippen molar-refractivity contribution < 1.29 is 9.13 Å². The van der Waals surface area contributed by atoms with E-state index >= 15 is 0 Å². The van der Waals surface area contributed by atoms with Crippen molar-refractivity contribution >= 4 is 21.6 Å². The van der Waals surface area contributed by atoms with Crippen LogP contribution in [0.3, 0.4) is 0 Å². The van der Waals surface area contributed by atoms with Crippen LogP contribution in [0.2, 0.25) is 0 Å². The van der Waals surface area contributed by atoms with Gasteiger partial charge in [0.15, 0.2) is 0 Å². The molecule has 0 aliphatic carbocycles. The molecule has 0 unspecified atom stereocenters. The SMILES string of the molecule is COc1cccc(NCc2ccc(F)cc2Br)c1. The van der Waals surface area contributed by atoms with Gasteiger partial charge in [-0.05, 0) is 29.8 Å². The van der Waals surface area contributed by atoms with Crippen molar-refractivity contribution in [3.63, 3.8) is 0 Å². The number of benzene rings is 2. The fourth-order valence-electron chi connectivity index (χ4n) is 1.60. The lowest BCUT2D eigenvalue weighted by atomic mass is 10.2. The van der Waals surface area contributed by atoms with Crippen molar-refractivity contribution in [3.05, 3.63) is 58.3 Å². The van der Waals surface area contributed by atoms with Crippen molar-refractivity contribution in [1.29, 1.82) is 0 Å². The summed E-state index contributed by atoms with van der Waals surface area (Å²) < 4.78 is 18.9. The fourth-order valence-corrected chi connectivity index (χ4v) is 2.09. The summed E-state index contributed by atoms with van der Waals surface area (Å²) in [5.74, 6) is 0.560. The highest BCUT2D eigenvalue weighted by Gasteiger charge is 2.02. The van der Waals surface area contributed by atoms with Crippen LogP contribution in [0, 0.1) is 5.82 Å². The van der Waals surface area contributed by atoms with Gasteiger partial charge < -0.3 is 10.1 Å². The Labute approximate surface area is 114 Å². The number of halogens is 2. The molecule has 2 rings (SSSR count). The summed E-state index contributed by atoms with van der Waals surface area (Å²) in [5, 5.41) is 3.26. The van der Waals surface area contributed by atoms with Gasteiger partial charge in [0.25, 0.3) is 0 Å². The smallest absolute Gasteiger partial charge is 0.124 e. The topological polar surface area (TPSA) is 21.3 Å². The molecule has 0 aromatic heterocycles. The highest BCUT2D eigenvalue weighted by Crippen LogP contribution is 2.21. The number of methoxy groups -OCH3 is 1. The third-order valence-electron chi connectivity index (χ3n) is 2.57. The highest BCUT2D eigenvalue weighted by molar-refractivity contribution is 9.10.